The average Bonchev–Trinajstić information content (AvgIpc) is 3.19. The molecule has 2 saturated carbocycles. The molecule has 1 unspecified atom stereocenters. The van der Waals surface area contributed by atoms with Gasteiger partial charge in [0.15, 0.2) is 0 Å². The number of amides is 3. The molecule has 10 nitrogen and oxygen atoms in total. The third-order valence-corrected chi connectivity index (χ3v) is 8.12. The molecule has 1 aromatic heterocycles. The Labute approximate surface area is 216 Å². The number of hydrogen-bond acceptors (Lipinski definition) is 7. The third kappa shape index (κ3) is 4.79. The normalized spacial score (nSPS) is 28.1. The number of carbonyl (C=O) groups excluding carboxylic acids is 2. The summed E-state index contributed by atoms with van der Waals surface area (Å²) >= 11 is 0. The fraction of sp³-hybridized carbons (Fsp3) is 0.630. The van der Waals surface area contributed by atoms with E-state index in [4.69, 9.17) is 14.0 Å². The van der Waals surface area contributed by atoms with Crippen LogP contribution >= 0.6 is 0 Å². The molecule has 2 aliphatic carbocycles. The molecule has 4 atom stereocenters. The summed E-state index contributed by atoms with van der Waals surface area (Å²) in [6.45, 7) is 6.53. The predicted octanol–water partition coefficient (Wildman–Crippen LogP) is 4.69. The molecule has 2 aliphatic heterocycles. The minimum absolute atomic E-state index is 0.0100. The summed E-state index contributed by atoms with van der Waals surface area (Å²) in [6.07, 6.45) is 4.95. The van der Waals surface area contributed by atoms with Gasteiger partial charge in [0.1, 0.15) is 18.2 Å². The first-order chi connectivity index (χ1) is 17.7. The van der Waals surface area contributed by atoms with Crippen molar-refractivity contribution in [3.63, 3.8) is 0 Å². The van der Waals surface area contributed by atoms with Crippen molar-refractivity contribution in [2.45, 2.75) is 95.5 Å². The van der Waals surface area contributed by atoms with E-state index >= 15 is 0 Å². The molecule has 10 heteroatoms. The van der Waals surface area contributed by atoms with E-state index in [0.717, 1.165) is 44.1 Å². The van der Waals surface area contributed by atoms with Gasteiger partial charge in [-0.15, -0.1) is 10.2 Å². The van der Waals surface area contributed by atoms with Crippen molar-refractivity contribution in [3.05, 3.63) is 47.7 Å². The summed E-state index contributed by atoms with van der Waals surface area (Å²) in [5.74, 6) is 1.16. The zero-order valence-corrected chi connectivity index (χ0v) is 21.7. The fourth-order valence-electron chi connectivity index (χ4n) is 6.07. The number of piperidine rings is 1. The molecule has 2 aromatic rings. The minimum Gasteiger partial charge on any atom is -0.444 e. The standard InChI is InChI=1S/C27H35N5O5/c1-26(2,3)37-24(33)28-19-10-9-18(13-19)22-29-30-23(36-22)20-14-27(11-12-27)21-15-31(20)25(34)32(21)35-16-17-7-5-4-6-8-17/h4-8,18-21H,9-16H2,1-3H3,(H,28,33)/t18-,19-,20?,21+/m0/s1. The second-order valence-electron chi connectivity index (χ2n) is 11.9. The molecule has 2 saturated heterocycles. The summed E-state index contributed by atoms with van der Waals surface area (Å²) < 4.78 is 11.6. The quantitative estimate of drug-likeness (QED) is 0.601. The van der Waals surface area contributed by atoms with Gasteiger partial charge in [-0.25, -0.2) is 9.59 Å². The lowest BCUT2D eigenvalue weighted by Crippen LogP contribution is -2.42. The smallest absolute Gasteiger partial charge is 0.407 e. The van der Waals surface area contributed by atoms with Crippen molar-refractivity contribution < 1.29 is 23.6 Å². The van der Waals surface area contributed by atoms with Gasteiger partial charge in [0.2, 0.25) is 11.8 Å². The highest BCUT2D eigenvalue weighted by atomic mass is 16.7. The maximum Gasteiger partial charge on any atom is 0.407 e. The van der Waals surface area contributed by atoms with Gasteiger partial charge >= 0.3 is 12.1 Å². The van der Waals surface area contributed by atoms with Gasteiger partial charge in [0.25, 0.3) is 0 Å². The monoisotopic (exact) mass is 509 g/mol. The van der Waals surface area contributed by atoms with Crippen molar-refractivity contribution >= 4 is 12.1 Å². The van der Waals surface area contributed by atoms with Crippen molar-refractivity contribution in [2.75, 3.05) is 6.54 Å². The molecule has 2 bridgehead atoms. The maximum atomic E-state index is 13.4. The Morgan fingerprint density at radius 2 is 1.92 bits per heavy atom. The summed E-state index contributed by atoms with van der Waals surface area (Å²) in [5, 5.41) is 13.3. The molecule has 0 radical (unpaired) electrons. The number of carbonyl (C=O) groups is 2. The van der Waals surface area contributed by atoms with Gasteiger partial charge < -0.3 is 19.4 Å². The second kappa shape index (κ2) is 9.01. The molecular formula is C27H35N5O5. The maximum absolute atomic E-state index is 13.4. The summed E-state index contributed by atoms with van der Waals surface area (Å²) in [6, 6.07) is 9.60. The van der Waals surface area contributed by atoms with Gasteiger partial charge in [0, 0.05) is 18.5 Å². The van der Waals surface area contributed by atoms with Crippen LogP contribution in [0.1, 0.15) is 88.6 Å². The number of ether oxygens (including phenoxy) is 1. The summed E-state index contributed by atoms with van der Waals surface area (Å²) in [7, 11) is 0. The highest BCUT2D eigenvalue weighted by molar-refractivity contribution is 5.77. The number of aromatic nitrogens is 2. The number of benzene rings is 1. The lowest BCUT2D eigenvalue weighted by atomic mass is 9.85. The number of nitrogens with one attached hydrogen (secondary N) is 1. The Bertz CT molecular complexity index is 1160. The van der Waals surface area contributed by atoms with Crippen LogP contribution in [0.25, 0.3) is 0 Å². The first kappa shape index (κ1) is 24.2. The second-order valence-corrected chi connectivity index (χ2v) is 11.9. The Morgan fingerprint density at radius 1 is 1.16 bits per heavy atom. The van der Waals surface area contributed by atoms with Gasteiger partial charge in [0.05, 0.1) is 6.04 Å². The van der Waals surface area contributed by atoms with E-state index in [2.05, 4.69) is 15.5 Å². The Kier molecular flexibility index (Phi) is 5.89. The first-order valence-corrected chi connectivity index (χ1v) is 13.3. The van der Waals surface area contributed by atoms with Crippen LogP contribution in [0.3, 0.4) is 0 Å². The number of hydroxylamine groups is 2. The Balaban J connectivity index is 1.11. The first-order valence-electron chi connectivity index (χ1n) is 13.3. The molecular weight excluding hydrogens is 474 g/mol. The van der Waals surface area contributed by atoms with Crippen LogP contribution in [0.5, 0.6) is 0 Å². The predicted molar refractivity (Wildman–Crippen MR) is 132 cm³/mol. The molecule has 1 spiro atoms. The molecule has 4 aliphatic rings. The highest BCUT2D eigenvalue weighted by Crippen LogP contribution is 2.61. The van der Waals surface area contributed by atoms with E-state index in [1.165, 1.54) is 0 Å². The average molecular weight is 510 g/mol. The Hall–Kier alpha value is -3.14. The van der Waals surface area contributed by atoms with Gasteiger partial charge in [-0.2, -0.15) is 5.06 Å². The minimum atomic E-state index is -0.531. The Morgan fingerprint density at radius 3 is 2.65 bits per heavy atom. The van der Waals surface area contributed by atoms with Crippen molar-refractivity contribution in [1.29, 1.82) is 0 Å². The van der Waals surface area contributed by atoms with E-state index in [-0.39, 0.29) is 35.5 Å². The fourth-order valence-corrected chi connectivity index (χ4v) is 6.07. The molecule has 6 rings (SSSR count). The van der Waals surface area contributed by atoms with Gasteiger partial charge in [-0.1, -0.05) is 30.3 Å². The molecule has 198 valence electrons. The zero-order valence-electron chi connectivity index (χ0n) is 21.7. The van der Waals surface area contributed by atoms with Crippen LogP contribution in [0.4, 0.5) is 9.59 Å². The van der Waals surface area contributed by atoms with Crippen molar-refractivity contribution in [2.24, 2.45) is 5.41 Å². The van der Waals surface area contributed by atoms with E-state index in [0.29, 0.717) is 24.9 Å². The summed E-state index contributed by atoms with van der Waals surface area (Å²) in [5.41, 5.74) is 0.552. The van der Waals surface area contributed by atoms with Gasteiger partial charge in [-0.05, 0) is 70.3 Å². The molecule has 3 amide bonds. The lowest BCUT2D eigenvalue weighted by Gasteiger charge is -2.35. The van der Waals surface area contributed by atoms with E-state index in [1.54, 1.807) is 5.06 Å². The molecule has 37 heavy (non-hydrogen) atoms. The molecule has 3 heterocycles. The highest BCUT2D eigenvalue weighted by Gasteiger charge is 2.64. The number of rotatable bonds is 6. The van der Waals surface area contributed by atoms with Crippen LogP contribution < -0.4 is 5.32 Å². The lowest BCUT2D eigenvalue weighted by molar-refractivity contribution is -0.153. The SMILES string of the molecule is CC(C)(C)OC(=O)N[C@H]1CC[C@H](c2nnc(C3CC4(CC4)[C@H]4CN3C(=O)N4OCc3ccccc3)o2)C1. The van der Waals surface area contributed by atoms with Crippen molar-refractivity contribution in [3.8, 4) is 0 Å². The summed E-state index contributed by atoms with van der Waals surface area (Å²) in [4.78, 5) is 33.5. The number of hydrogen-bond donors (Lipinski definition) is 1. The third-order valence-electron chi connectivity index (χ3n) is 8.12. The van der Waals surface area contributed by atoms with Crippen LogP contribution in [0.2, 0.25) is 0 Å². The topological polar surface area (TPSA) is 110 Å². The van der Waals surface area contributed by atoms with E-state index in [1.807, 2.05) is 56.0 Å². The van der Waals surface area contributed by atoms with Gasteiger partial charge in [-0.3, -0.25) is 4.84 Å². The van der Waals surface area contributed by atoms with E-state index in [9.17, 15) is 9.59 Å². The van der Waals surface area contributed by atoms with Crippen molar-refractivity contribution in [1.82, 2.24) is 25.5 Å². The molecule has 1 aromatic carbocycles. The number of nitrogens with zero attached hydrogens (tertiary/aromatic N) is 4. The number of fused-ring (bicyclic) bond motifs is 3. The van der Waals surface area contributed by atoms with E-state index < -0.39 is 11.7 Å². The van der Waals surface area contributed by atoms with Crippen LogP contribution in [-0.2, 0) is 16.2 Å². The number of alkyl carbamates (subject to hydrolysis) is 1. The zero-order chi connectivity index (χ0) is 25.8. The largest absolute Gasteiger partial charge is 0.444 e. The number of urea groups is 1. The van der Waals surface area contributed by atoms with Crippen LogP contribution in [0, 0.1) is 5.41 Å². The van der Waals surface area contributed by atoms with Crippen LogP contribution in [0.15, 0.2) is 34.7 Å². The molecule has 1 N–H and O–H groups in total. The van der Waals surface area contributed by atoms with Crippen LogP contribution in [-0.4, -0.2) is 56.5 Å². The molecule has 4 fully saturated rings.